The lowest BCUT2D eigenvalue weighted by molar-refractivity contribution is -0.910. The van der Waals surface area contributed by atoms with Crippen LogP contribution in [-0.2, 0) is 13.0 Å². The minimum Gasteiger partial charge on any atom is -0.497 e. The molecule has 0 bridgehead atoms. The van der Waals surface area contributed by atoms with E-state index < -0.39 is 0 Å². The van der Waals surface area contributed by atoms with Gasteiger partial charge in [0.2, 0.25) is 0 Å². The Morgan fingerprint density at radius 2 is 1.86 bits per heavy atom. The first-order chi connectivity index (χ1) is 13.5. The number of quaternary nitrogens is 2. The van der Waals surface area contributed by atoms with Crippen LogP contribution in [0.15, 0.2) is 57.7 Å². The minimum absolute atomic E-state index is 0.325. The number of aryl methyl sites for hydroxylation is 1. The van der Waals surface area contributed by atoms with E-state index in [2.05, 4.69) is 50.6 Å². The smallest absolute Gasteiger partial charge is 0.336 e. The molecule has 148 valence electrons. The third-order valence-electron chi connectivity index (χ3n) is 5.29. The van der Waals surface area contributed by atoms with Gasteiger partial charge in [-0.25, -0.2) is 4.79 Å². The fourth-order valence-corrected chi connectivity index (χ4v) is 3.60. The van der Waals surface area contributed by atoms with Gasteiger partial charge in [0.1, 0.15) is 24.4 Å². The number of benzene rings is 2. The zero-order valence-electron chi connectivity index (χ0n) is 17.1. The number of hydrogen-bond acceptors (Lipinski definition) is 3. The number of rotatable bonds is 8. The van der Waals surface area contributed by atoms with E-state index in [1.807, 2.05) is 12.1 Å². The van der Waals surface area contributed by atoms with Crippen LogP contribution in [0.2, 0.25) is 0 Å². The average molecular weight is 383 g/mol. The van der Waals surface area contributed by atoms with E-state index in [1.54, 1.807) is 19.2 Å². The van der Waals surface area contributed by atoms with Crippen LogP contribution in [0.25, 0.3) is 11.0 Å². The highest BCUT2D eigenvalue weighted by Crippen LogP contribution is 2.22. The second-order valence-electron chi connectivity index (χ2n) is 7.41. The summed E-state index contributed by atoms with van der Waals surface area (Å²) in [4.78, 5) is 13.4. The molecule has 0 fully saturated rings. The molecule has 5 nitrogen and oxygen atoms in total. The molecule has 28 heavy (non-hydrogen) atoms. The summed E-state index contributed by atoms with van der Waals surface area (Å²) in [5.41, 5.74) is 3.94. The molecule has 0 aliphatic carbocycles. The zero-order chi connectivity index (χ0) is 20.1. The van der Waals surface area contributed by atoms with Crippen molar-refractivity contribution in [2.24, 2.45) is 0 Å². The first-order valence-electron chi connectivity index (χ1n) is 9.83. The van der Waals surface area contributed by atoms with Crippen LogP contribution in [0.1, 0.15) is 29.7 Å². The Morgan fingerprint density at radius 3 is 2.50 bits per heavy atom. The Labute approximate surface area is 165 Å². The van der Waals surface area contributed by atoms with Crippen LogP contribution in [0.4, 0.5) is 0 Å². The maximum Gasteiger partial charge on any atom is 0.336 e. The number of nitrogens with one attached hydrogen (secondary N) is 1. The zero-order valence-corrected chi connectivity index (χ0v) is 17.1. The van der Waals surface area contributed by atoms with Crippen molar-refractivity contribution < 1.29 is 19.4 Å². The number of methoxy groups -OCH3 is 1. The molecule has 0 radical (unpaired) electrons. The molecule has 0 amide bonds. The Hall–Kier alpha value is -2.63. The van der Waals surface area contributed by atoms with E-state index in [4.69, 9.17) is 9.15 Å². The van der Waals surface area contributed by atoms with Gasteiger partial charge in [-0.1, -0.05) is 31.2 Å². The number of fused-ring (bicyclic) bond motifs is 1. The van der Waals surface area contributed by atoms with Crippen LogP contribution in [-0.4, -0.2) is 27.7 Å². The highest BCUT2D eigenvalue weighted by molar-refractivity contribution is 5.81. The van der Waals surface area contributed by atoms with Gasteiger partial charge >= 0.3 is 5.63 Å². The fourth-order valence-electron chi connectivity index (χ4n) is 3.60. The Balaban J connectivity index is 1.76. The third kappa shape index (κ3) is 4.61. The van der Waals surface area contributed by atoms with Crippen LogP contribution >= 0.6 is 0 Å². The second-order valence-corrected chi connectivity index (χ2v) is 7.41. The van der Waals surface area contributed by atoms with Gasteiger partial charge in [0.15, 0.2) is 6.04 Å². The summed E-state index contributed by atoms with van der Waals surface area (Å²) in [7, 11) is 5.98. The van der Waals surface area contributed by atoms with Crippen molar-refractivity contribution in [2.45, 2.75) is 25.9 Å². The summed E-state index contributed by atoms with van der Waals surface area (Å²) in [6.45, 7) is 3.84. The maximum atomic E-state index is 12.0. The summed E-state index contributed by atoms with van der Waals surface area (Å²) in [5.74, 6) is 0.684. The van der Waals surface area contributed by atoms with Crippen molar-refractivity contribution in [1.29, 1.82) is 0 Å². The van der Waals surface area contributed by atoms with E-state index in [0.717, 1.165) is 30.5 Å². The number of nitrogens with two attached hydrogens (primary N) is 1. The topological polar surface area (TPSA) is 60.5 Å². The lowest BCUT2D eigenvalue weighted by Gasteiger charge is -2.20. The normalized spacial score (nSPS) is 12.5. The van der Waals surface area contributed by atoms with Crippen molar-refractivity contribution in [3.05, 3.63) is 75.6 Å². The fraction of sp³-hybridized carbons (Fsp3) is 0.348. The van der Waals surface area contributed by atoms with Gasteiger partial charge in [-0.2, -0.15) is 0 Å². The minimum atomic E-state index is -0.325. The summed E-state index contributed by atoms with van der Waals surface area (Å²) in [5, 5.41) is 3.22. The van der Waals surface area contributed by atoms with Crippen molar-refractivity contribution in [3.8, 4) is 5.75 Å². The molecule has 1 atom stereocenters. The highest BCUT2D eigenvalue weighted by atomic mass is 16.5. The lowest BCUT2D eigenvalue weighted by atomic mass is 10.0. The Kier molecular flexibility index (Phi) is 6.49. The quantitative estimate of drug-likeness (QED) is 0.578. The summed E-state index contributed by atoms with van der Waals surface area (Å²) >= 11 is 0. The Bertz CT molecular complexity index is 977. The van der Waals surface area contributed by atoms with Crippen LogP contribution < -0.4 is 20.6 Å². The van der Waals surface area contributed by atoms with Gasteiger partial charge in [0, 0.05) is 28.6 Å². The molecule has 2 aromatic carbocycles. The largest absolute Gasteiger partial charge is 0.497 e. The van der Waals surface area contributed by atoms with Gasteiger partial charge in [-0.05, 0) is 24.1 Å². The summed E-state index contributed by atoms with van der Waals surface area (Å²) < 4.78 is 10.6. The molecular formula is C23H30N2O3+2. The van der Waals surface area contributed by atoms with E-state index >= 15 is 0 Å². The summed E-state index contributed by atoms with van der Waals surface area (Å²) in [6, 6.07) is 16.5. The first kappa shape index (κ1) is 20.1. The van der Waals surface area contributed by atoms with Crippen molar-refractivity contribution in [1.82, 2.24) is 0 Å². The van der Waals surface area contributed by atoms with Crippen molar-refractivity contribution in [2.75, 3.05) is 27.7 Å². The number of likely N-dealkylation sites (N-methyl/N-ethyl adjacent to an activating group) is 1. The standard InChI is InChI=1S/C23H28N2O3/c1-5-16-6-8-17(9-7-16)21(25(2)3)15-24-14-18-12-23(26)28-22-13-19(27-4)10-11-20(18)22/h6-13,21,24H,5,14-15H2,1-4H3/p+2/t21-/m0/s1. The number of ether oxygens (including phenoxy) is 1. The SMILES string of the molecule is CCc1ccc([C@H](C[NH2+]Cc2cc(=O)oc3cc(OC)ccc23)[NH+](C)C)cc1. The monoisotopic (exact) mass is 382 g/mol. The molecule has 1 heterocycles. The molecule has 0 unspecified atom stereocenters. The molecule has 0 saturated carbocycles. The molecule has 3 rings (SSSR count). The third-order valence-corrected chi connectivity index (χ3v) is 5.29. The average Bonchev–Trinajstić information content (AvgIpc) is 2.70. The molecule has 3 aromatic rings. The molecule has 3 N–H and O–H groups in total. The summed E-state index contributed by atoms with van der Waals surface area (Å²) in [6.07, 6.45) is 1.06. The predicted molar refractivity (Wildman–Crippen MR) is 111 cm³/mol. The van der Waals surface area contributed by atoms with E-state index in [0.29, 0.717) is 17.4 Å². The van der Waals surface area contributed by atoms with Gasteiger partial charge in [0.05, 0.1) is 21.2 Å². The van der Waals surface area contributed by atoms with E-state index in [-0.39, 0.29) is 5.63 Å². The van der Waals surface area contributed by atoms with Crippen LogP contribution in [0.3, 0.4) is 0 Å². The van der Waals surface area contributed by atoms with Crippen LogP contribution in [0.5, 0.6) is 5.75 Å². The van der Waals surface area contributed by atoms with Gasteiger partial charge in [-0.3, -0.25) is 0 Å². The Morgan fingerprint density at radius 1 is 1.11 bits per heavy atom. The first-order valence-corrected chi connectivity index (χ1v) is 9.83. The molecule has 0 aliphatic rings. The lowest BCUT2D eigenvalue weighted by Crippen LogP contribution is -3.09. The van der Waals surface area contributed by atoms with Crippen LogP contribution in [0, 0.1) is 0 Å². The van der Waals surface area contributed by atoms with Crippen molar-refractivity contribution in [3.63, 3.8) is 0 Å². The highest BCUT2D eigenvalue weighted by Gasteiger charge is 2.20. The van der Waals surface area contributed by atoms with Gasteiger partial charge in [-0.15, -0.1) is 0 Å². The molecule has 0 saturated heterocycles. The second kappa shape index (κ2) is 9.04. The van der Waals surface area contributed by atoms with Gasteiger partial charge in [0.25, 0.3) is 0 Å². The van der Waals surface area contributed by atoms with Gasteiger partial charge < -0.3 is 19.4 Å². The molecule has 1 aromatic heterocycles. The van der Waals surface area contributed by atoms with E-state index in [9.17, 15) is 4.79 Å². The maximum absolute atomic E-state index is 12.0. The number of hydrogen-bond donors (Lipinski definition) is 2. The molecule has 0 spiro atoms. The predicted octanol–water partition coefficient (Wildman–Crippen LogP) is 1.31. The molecular weight excluding hydrogens is 352 g/mol. The molecule has 5 heteroatoms. The van der Waals surface area contributed by atoms with E-state index in [1.165, 1.54) is 16.0 Å². The van der Waals surface area contributed by atoms with Crippen molar-refractivity contribution >= 4 is 11.0 Å². The molecule has 0 aliphatic heterocycles.